The molecule has 200 valence electrons. The van der Waals surface area contributed by atoms with E-state index in [2.05, 4.69) is 5.10 Å². The molecule has 2 aliphatic rings. The van der Waals surface area contributed by atoms with Crippen LogP contribution in [0.15, 0.2) is 47.5 Å². The summed E-state index contributed by atoms with van der Waals surface area (Å²) in [5.74, 6) is -0.282. The Morgan fingerprint density at radius 2 is 1.97 bits per heavy atom. The number of methoxy groups -OCH3 is 1. The van der Waals surface area contributed by atoms with Gasteiger partial charge in [0.2, 0.25) is 0 Å². The van der Waals surface area contributed by atoms with Gasteiger partial charge in [-0.3, -0.25) is 24.1 Å². The fraction of sp³-hybridized carbons (Fsp3) is 0.346. The van der Waals surface area contributed by atoms with Crippen LogP contribution in [-0.4, -0.2) is 70.2 Å². The van der Waals surface area contributed by atoms with E-state index >= 15 is 0 Å². The number of likely N-dealkylation sites (tertiary alicyclic amines) is 1. The number of hydrogen-bond donors (Lipinski definition) is 0. The van der Waals surface area contributed by atoms with Gasteiger partial charge < -0.3 is 4.74 Å². The number of benzene rings is 2. The van der Waals surface area contributed by atoms with E-state index in [4.69, 9.17) is 4.74 Å². The lowest BCUT2D eigenvalue weighted by Crippen LogP contribution is -2.36. The molecule has 0 bridgehead atoms. The average Bonchev–Trinajstić information content (AvgIpc) is 3.55. The molecule has 0 unspecified atom stereocenters. The second-order valence-electron chi connectivity index (χ2n) is 9.16. The first-order chi connectivity index (χ1) is 18.1. The van der Waals surface area contributed by atoms with Crippen LogP contribution in [0.1, 0.15) is 23.1 Å². The number of alkyl halides is 4. The summed E-state index contributed by atoms with van der Waals surface area (Å²) in [6, 6.07) is 9.02. The molecule has 5 rings (SSSR count). The van der Waals surface area contributed by atoms with E-state index < -0.39 is 23.8 Å². The Bertz CT molecular complexity index is 1420. The van der Waals surface area contributed by atoms with Crippen LogP contribution in [-0.2, 0) is 17.5 Å². The van der Waals surface area contributed by atoms with Crippen LogP contribution in [0.5, 0.6) is 5.75 Å². The number of rotatable bonds is 7. The summed E-state index contributed by atoms with van der Waals surface area (Å²) >= 11 is 0.847. The molecule has 2 amide bonds. The van der Waals surface area contributed by atoms with Crippen molar-refractivity contribution in [1.82, 2.24) is 19.6 Å². The Morgan fingerprint density at radius 1 is 1.16 bits per heavy atom. The lowest BCUT2D eigenvalue weighted by atomic mass is 10.1. The topological polar surface area (TPSA) is 67.7 Å². The van der Waals surface area contributed by atoms with E-state index in [1.165, 1.54) is 28.8 Å². The van der Waals surface area contributed by atoms with E-state index in [1.54, 1.807) is 30.5 Å². The Kier molecular flexibility index (Phi) is 7.19. The molecule has 2 fully saturated rings. The summed E-state index contributed by atoms with van der Waals surface area (Å²) in [5.41, 5.74) is 0.540. The second kappa shape index (κ2) is 10.4. The number of carbonyl (C=O) groups excluding carboxylic acids is 2. The fourth-order valence-electron chi connectivity index (χ4n) is 4.64. The highest BCUT2D eigenvalue weighted by molar-refractivity contribution is 8.18. The first-order valence-electron chi connectivity index (χ1n) is 11.9. The molecule has 38 heavy (non-hydrogen) atoms. The fourth-order valence-corrected chi connectivity index (χ4v) is 5.51. The molecular formula is C26H24F4N4O3S. The normalized spacial score (nSPS) is 19.9. The summed E-state index contributed by atoms with van der Waals surface area (Å²) in [4.78, 5) is 28.6. The van der Waals surface area contributed by atoms with Crippen molar-refractivity contribution in [1.29, 1.82) is 0 Å². The summed E-state index contributed by atoms with van der Waals surface area (Å²) in [6.45, 7) is 1.46. The van der Waals surface area contributed by atoms with Crippen molar-refractivity contribution < 1.29 is 31.9 Å². The van der Waals surface area contributed by atoms with Gasteiger partial charge in [0.05, 0.1) is 35.8 Å². The van der Waals surface area contributed by atoms with Gasteiger partial charge >= 0.3 is 6.18 Å². The Morgan fingerprint density at radius 3 is 2.68 bits per heavy atom. The zero-order valence-electron chi connectivity index (χ0n) is 20.4. The van der Waals surface area contributed by atoms with Crippen molar-refractivity contribution in [2.75, 3.05) is 33.3 Å². The number of halogens is 4. The highest BCUT2D eigenvalue weighted by atomic mass is 32.2. The monoisotopic (exact) mass is 548 g/mol. The molecule has 7 nitrogen and oxygen atoms in total. The first-order valence-corrected chi connectivity index (χ1v) is 12.8. The molecule has 0 N–H and O–H groups in total. The standard InChI is InChI=1S/C26H24F4N4O3S/c1-37-20-4-3-17(21(12-20)26(28,29)30)14-34-22-5-2-16(10-18(22)13-31-34)11-23-24(35)33(25(36)38-23)9-8-32-7-6-19(27)15-32/h2-5,10-13,19H,6-9,14-15H2,1H3/t19-/m1/s1. The number of amides is 2. The molecule has 0 spiro atoms. The van der Waals surface area contributed by atoms with Crippen molar-refractivity contribution >= 4 is 39.9 Å². The molecule has 2 saturated heterocycles. The predicted octanol–water partition coefficient (Wildman–Crippen LogP) is 5.19. The molecular weight excluding hydrogens is 524 g/mol. The van der Waals surface area contributed by atoms with Gasteiger partial charge in [-0.05, 0) is 59.7 Å². The Labute approximate surface area is 220 Å². The molecule has 1 atom stereocenters. The molecule has 0 aliphatic carbocycles. The molecule has 3 heterocycles. The Balaban J connectivity index is 1.32. The molecule has 12 heteroatoms. The van der Waals surface area contributed by atoms with Crippen molar-refractivity contribution in [3.63, 3.8) is 0 Å². The summed E-state index contributed by atoms with van der Waals surface area (Å²) in [7, 11) is 1.31. The zero-order valence-corrected chi connectivity index (χ0v) is 21.2. The van der Waals surface area contributed by atoms with Gasteiger partial charge in [0.15, 0.2) is 0 Å². The zero-order chi connectivity index (χ0) is 27.0. The number of hydrogen-bond acceptors (Lipinski definition) is 6. The van der Waals surface area contributed by atoms with E-state index in [9.17, 15) is 27.2 Å². The van der Waals surface area contributed by atoms with Crippen LogP contribution in [0.4, 0.5) is 22.4 Å². The second-order valence-corrected chi connectivity index (χ2v) is 10.2. The third-order valence-corrected chi connectivity index (χ3v) is 7.54. The lowest BCUT2D eigenvalue weighted by molar-refractivity contribution is -0.138. The maximum Gasteiger partial charge on any atom is 0.416 e. The minimum Gasteiger partial charge on any atom is -0.497 e. The van der Waals surface area contributed by atoms with E-state index in [0.29, 0.717) is 42.5 Å². The molecule has 1 aromatic heterocycles. The lowest BCUT2D eigenvalue weighted by Gasteiger charge is -2.18. The van der Waals surface area contributed by atoms with Gasteiger partial charge in [0.1, 0.15) is 11.9 Å². The largest absolute Gasteiger partial charge is 0.497 e. The quantitative estimate of drug-likeness (QED) is 0.299. The highest BCUT2D eigenvalue weighted by Gasteiger charge is 2.36. The van der Waals surface area contributed by atoms with Crippen LogP contribution in [0, 0.1) is 0 Å². The average molecular weight is 549 g/mol. The maximum atomic E-state index is 13.6. The van der Waals surface area contributed by atoms with E-state index in [0.717, 1.165) is 17.8 Å². The summed E-state index contributed by atoms with van der Waals surface area (Å²) in [6.07, 6.45) is -1.80. The van der Waals surface area contributed by atoms with Crippen LogP contribution in [0.25, 0.3) is 17.0 Å². The minimum absolute atomic E-state index is 0.0528. The number of aromatic nitrogens is 2. The number of nitrogens with zero attached hydrogens (tertiary/aromatic N) is 4. The van der Waals surface area contributed by atoms with E-state index in [1.807, 2.05) is 4.90 Å². The van der Waals surface area contributed by atoms with Crippen molar-refractivity contribution in [2.24, 2.45) is 0 Å². The Hall–Kier alpha value is -3.38. The van der Waals surface area contributed by atoms with Gasteiger partial charge in [-0.15, -0.1) is 0 Å². The minimum atomic E-state index is -4.55. The predicted molar refractivity (Wildman–Crippen MR) is 135 cm³/mol. The molecule has 2 aromatic carbocycles. The SMILES string of the molecule is COc1ccc(Cn2ncc3cc(C=C4SC(=O)N(CCN5CC[C@@H](F)C5)C4=O)ccc32)c(C(F)(F)F)c1. The van der Waals surface area contributed by atoms with Crippen molar-refractivity contribution in [2.45, 2.75) is 25.3 Å². The molecule has 0 radical (unpaired) electrons. The third-order valence-electron chi connectivity index (χ3n) is 6.63. The third kappa shape index (κ3) is 5.41. The van der Waals surface area contributed by atoms with Crippen molar-refractivity contribution in [3.8, 4) is 5.75 Å². The van der Waals surface area contributed by atoms with Crippen LogP contribution < -0.4 is 4.74 Å². The highest BCUT2D eigenvalue weighted by Crippen LogP contribution is 2.36. The molecule has 2 aliphatic heterocycles. The smallest absolute Gasteiger partial charge is 0.416 e. The number of ether oxygens (including phenoxy) is 1. The first kappa shape index (κ1) is 26.2. The summed E-state index contributed by atoms with van der Waals surface area (Å²) in [5, 5.41) is 4.57. The number of imide groups is 1. The van der Waals surface area contributed by atoms with Crippen molar-refractivity contribution in [3.05, 3.63) is 64.2 Å². The van der Waals surface area contributed by atoms with Gasteiger partial charge in [-0.2, -0.15) is 18.3 Å². The van der Waals surface area contributed by atoms with Gasteiger partial charge in [-0.1, -0.05) is 12.1 Å². The van der Waals surface area contributed by atoms with E-state index in [-0.39, 0.29) is 34.5 Å². The van der Waals surface area contributed by atoms with Gasteiger partial charge in [-0.25, -0.2) is 4.39 Å². The summed E-state index contributed by atoms with van der Waals surface area (Å²) < 4.78 is 60.7. The number of thioether (sulfide) groups is 1. The van der Waals surface area contributed by atoms with Crippen LogP contribution >= 0.6 is 11.8 Å². The number of carbonyl (C=O) groups is 2. The number of fused-ring (bicyclic) bond motifs is 1. The molecule has 3 aromatic rings. The van der Waals surface area contributed by atoms with Gasteiger partial charge in [0, 0.05) is 31.6 Å². The maximum absolute atomic E-state index is 13.6. The van der Waals surface area contributed by atoms with Gasteiger partial charge in [0.25, 0.3) is 11.1 Å². The molecule has 0 saturated carbocycles. The van der Waals surface area contributed by atoms with Crippen LogP contribution in [0.3, 0.4) is 0 Å². The van der Waals surface area contributed by atoms with Crippen LogP contribution in [0.2, 0.25) is 0 Å².